The van der Waals surface area contributed by atoms with Gasteiger partial charge < -0.3 is 5.32 Å². The molecule has 0 aliphatic heterocycles. The van der Waals surface area contributed by atoms with Gasteiger partial charge >= 0.3 is 0 Å². The quantitative estimate of drug-likeness (QED) is 0.0810. The minimum absolute atomic E-state index is 0. The lowest BCUT2D eigenvalue weighted by atomic mass is 9.95. The number of unbranched alkanes of at least 4 members (excludes halogenated alkanes) is 22. The van der Waals surface area contributed by atoms with Crippen LogP contribution < -0.4 is 5.32 Å². The Hall–Kier alpha value is 0.250. The average Bonchev–Trinajstić information content (AvgIpc) is 2.91. The topological polar surface area (TPSA) is 12.0 Å². The number of halogens is 1. The van der Waals surface area contributed by atoms with Gasteiger partial charge in [0.2, 0.25) is 0 Å². The summed E-state index contributed by atoms with van der Waals surface area (Å²) in [6.45, 7) is 9.31. The average molecular weight is 558 g/mol. The van der Waals surface area contributed by atoms with E-state index in [-0.39, 0.29) is 12.4 Å². The van der Waals surface area contributed by atoms with Crippen LogP contribution in [0.4, 0.5) is 0 Å². The molecule has 2 unspecified atom stereocenters. The summed E-state index contributed by atoms with van der Waals surface area (Å²) in [4.78, 5) is 0. The molecular weight excluding hydrogens is 482 g/mol. The highest BCUT2D eigenvalue weighted by Crippen LogP contribution is 2.19. The lowest BCUT2D eigenvalue weighted by Gasteiger charge is -2.27. The fourth-order valence-electron chi connectivity index (χ4n) is 5.99. The summed E-state index contributed by atoms with van der Waals surface area (Å²) in [7, 11) is 0. The molecule has 0 saturated carbocycles. The first-order chi connectivity index (χ1) is 18.3. The third-order valence-electron chi connectivity index (χ3n) is 8.60. The molecule has 0 bridgehead atoms. The first-order valence-corrected chi connectivity index (χ1v) is 18.0. The van der Waals surface area contributed by atoms with Crippen LogP contribution in [0.25, 0.3) is 0 Å². The summed E-state index contributed by atoms with van der Waals surface area (Å²) in [5.74, 6) is 0. The van der Waals surface area contributed by atoms with Gasteiger partial charge in [-0.1, -0.05) is 195 Å². The molecule has 0 aliphatic carbocycles. The van der Waals surface area contributed by atoms with Gasteiger partial charge in [0.25, 0.3) is 0 Å². The predicted molar refractivity (Wildman–Crippen MR) is 179 cm³/mol. The molecule has 1 N–H and O–H groups in total. The zero-order valence-corrected chi connectivity index (χ0v) is 28.1. The Labute approximate surface area is 249 Å². The number of nitrogens with one attached hydrogen (secondary N) is 1. The lowest BCUT2D eigenvalue weighted by molar-refractivity contribution is 0.329. The highest BCUT2D eigenvalue weighted by Gasteiger charge is 2.15. The van der Waals surface area contributed by atoms with Crippen molar-refractivity contribution in [3.8, 4) is 0 Å². The maximum Gasteiger partial charge on any atom is 0.00696 e. The summed E-state index contributed by atoms with van der Waals surface area (Å²) in [6, 6.07) is 1.55. The third kappa shape index (κ3) is 30.8. The number of hydrogen-bond acceptors (Lipinski definition) is 1. The molecule has 0 rings (SSSR count). The zero-order chi connectivity index (χ0) is 27.1. The Bertz CT molecular complexity index is 363. The summed E-state index contributed by atoms with van der Waals surface area (Å²) in [5.41, 5.74) is 0. The van der Waals surface area contributed by atoms with Crippen molar-refractivity contribution in [3.05, 3.63) is 0 Å². The SMILES string of the molecule is CCCCCCCCCC(CCCCCCCC)NC(CCCCCCCC)CCCCCCCCC.Cl. The summed E-state index contributed by atoms with van der Waals surface area (Å²) in [5, 5.41) is 4.28. The first-order valence-electron chi connectivity index (χ1n) is 18.0. The van der Waals surface area contributed by atoms with E-state index in [1.54, 1.807) is 0 Å². The molecule has 0 aromatic rings. The van der Waals surface area contributed by atoms with E-state index in [2.05, 4.69) is 33.0 Å². The second-order valence-corrected chi connectivity index (χ2v) is 12.5. The molecule has 232 valence electrons. The van der Waals surface area contributed by atoms with Crippen molar-refractivity contribution in [2.45, 2.75) is 232 Å². The maximum atomic E-state index is 4.28. The summed E-state index contributed by atoms with van der Waals surface area (Å²) >= 11 is 0. The van der Waals surface area contributed by atoms with Crippen LogP contribution in [0.1, 0.15) is 220 Å². The second-order valence-electron chi connectivity index (χ2n) is 12.5. The molecule has 0 amide bonds. The van der Waals surface area contributed by atoms with Crippen LogP contribution in [-0.4, -0.2) is 12.1 Å². The van der Waals surface area contributed by atoms with E-state index >= 15 is 0 Å². The minimum Gasteiger partial charge on any atom is -0.311 e. The standard InChI is InChI=1S/C36H75N.ClH/c1-5-9-13-17-21-25-29-33-35(31-27-23-19-15-11-7-3)37-36(32-28-24-20-16-12-8-4)34-30-26-22-18-14-10-6-2;/h35-37H,5-34H2,1-4H3;1H. The normalized spacial score (nSPS) is 12.9. The molecule has 38 heavy (non-hydrogen) atoms. The fraction of sp³-hybridized carbons (Fsp3) is 1.00. The Morgan fingerprint density at radius 1 is 0.289 bits per heavy atom. The largest absolute Gasteiger partial charge is 0.311 e. The molecule has 0 heterocycles. The van der Waals surface area contributed by atoms with Gasteiger partial charge in [-0.15, -0.1) is 12.4 Å². The van der Waals surface area contributed by atoms with Crippen molar-refractivity contribution < 1.29 is 0 Å². The monoisotopic (exact) mass is 558 g/mol. The number of rotatable bonds is 32. The van der Waals surface area contributed by atoms with Gasteiger partial charge in [-0.2, -0.15) is 0 Å². The van der Waals surface area contributed by atoms with E-state index in [0.29, 0.717) is 0 Å². The van der Waals surface area contributed by atoms with Gasteiger partial charge in [0.1, 0.15) is 0 Å². The molecule has 0 aromatic heterocycles. The molecule has 1 nitrogen and oxygen atoms in total. The Balaban J connectivity index is 0. The van der Waals surface area contributed by atoms with Gasteiger partial charge in [-0.25, -0.2) is 0 Å². The molecule has 0 fully saturated rings. The van der Waals surface area contributed by atoms with E-state index < -0.39 is 0 Å². The summed E-state index contributed by atoms with van der Waals surface area (Å²) in [6.07, 6.45) is 43.0. The van der Waals surface area contributed by atoms with Gasteiger partial charge in [0.05, 0.1) is 0 Å². The van der Waals surface area contributed by atoms with Crippen molar-refractivity contribution in [3.63, 3.8) is 0 Å². The Morgan fingerprint density at radius 3 is 0.684 bits per heavy atom. The van der Waals surface area contributed by atoms with Gasteiger partial charge in [-0.3, -0.25) is 0 Å². The zero-order valence-electron chi connectivity index (χ0n) is 27.3. The molecule has 0 spiro atoms. The summed E-state index contributed by atoms with van der Waals surface area (Å²) < 4.78 is 0. The molecule has 2 heteroatoms. The van der Waals surface area contributed by atoms with Crippen LogP contribution in [0.3, 0.4) is 0 Å². The van der Waals surface area contributed by atoms with Crippen LogP contribution in [0.15, 0.2) is 0 Å². The van der Waals surface area contributed by atoms with Crippen molar-refractivity contribution in [2.24, 2.45) is 0 Å². The van der Waals surface area contributed by atoms with Crippen molar-refractivity contribution in [1.82, 2.24) is 5.32 Å². The van der Waals surface area contributed by atoms with Crippen LogP contribution in [0.2, 0.25) is 0 Å². The molecule has 2 atom stereocenters. The molecule has 0 radical (unpaired) electrons. The maximum absolute atomic E-state index is 4.28. The molecule has 0 aliphatic rings. The number of hydrogen-bond donors (Lipinski definition) is 1. The first kappa shape index (κ1) is 40.4. The Kier molecular flexibility index (Phi) is 37.5. The highest BCUT2D eigenvalue weighted by molar-refractivity contribution is 5.85. The molecule has 0 saturated heterocycles. The van der Waals surface area contributed by atoms with Crippen LogP contribution in [-0.2, 0) is 0 Å². The van der Waals surface area contributed by atoms with Crippen molar-refractivity contribution in [2.75, 3.05) is 0 Å². The fourth-order valence-corrected chi connectivity index (χ4v) is 5.99. The van der Waals surface area contributed by atoms with E-state index in [0.717, 1.165) is 12.1 Å². The smallest absolute Gasteiger partial charge is 0.00696 e. The molecular formula is C36H76ClN. The van der Waals surface area contributed by atoms with Crippen LogP contribution in [0, 0.1) is 0 Å². The molecule has 0 aromatic carbocycles. The van der Waals surface area contributed by atoms with Crippen molar-refractivity contribution >= 4 is 12.4 Å². The van der Waals surface area contributed by atoms with Gasteiger partial charge in [-0.05, 0) is 25.7 Å². The van der Waals surface area contributed by atoms with Gasteiger partial charge in [0.15, 0.2) is 0 Å². The highest BCUT2D eigenvalue weighted by atomic mass is 35.5. The van der Waals surface area contributed by atoms with Gasteiger partial charge in [0, 0.05) is 12.1 Å². The predicted octanol–water partition coefficient (Wildman–Crippen LogP) is 13.5. The lowest BCUT2D eigenvalue weighted by Crippen LogP contribution is -2.38. The van der Waals surface area contributed by atoms with Crippen molar-refractivity contribution in [1.29, 1.82) is 0 Å². The van der Waals surface area contributed by atoms with E-state index in [4.69, 9.17) is 0 Å². The van der Waals surface area contributed by atoms with E-state index in [1.807, 2.05) is 0 Å². The minimum atomic E-state index is 0. The van der Waals surface area contributed by atoms with Crippen LogP contribution in [0.5, 0.6) is 0 Å². The Morgan fingerprint density at radius 2 is 0.474 bits per heavy atom. The van der Waals surface area contributed by atoms with Crippen LogP contribution >= 0.6 is 12.4 Å². The van der Waals surface area contributed by atoms with E-state index in [9.17, 15) is 0 Å². The second kappa shape index (κ2) is 35.3. The van der Waals surface area contributed by atoms with E-state index in [1.165, 1.54) is 193 Å². The third-order valence-corrected chi connectivity index (χ3v) is 8.60.